The Kier molecular flexibility index (Phi) is 4.61. The zero-order valence-electron chi connectivity index (χ0n) is 11.1. The molecular formula is C13H17FN2O3. The Morgan fingerprint density at radius 3 is 2.58 bits per heavy atom. The van der Waals surface area contributed by atoms with Crippen molar-refractivity contribution >= 4 is 17.6 Å². The molecule has 3 N–H and O–H groups in total. The highest BCUT2D eigenvalue weighted by Crippen LogP contribution is 2.22. The third-order valence-corrected chi connectivity index (χ3v) is 2.76. The topological polar surface area (TPSA) is 81.4 Å². The number of carbonyl (C=O) groups is 2. The minimum atomic E-state index is -0.790. The van der Waals surface area contributed by atoms with Crippen molar-refractivity contribution in [3.05, 3.63) is 29.6 Å². The lowest BCUT2D eigenvalue weighted by Crippen LogP contribution is -2.37. The molecule has 0 saturated carbocycles. The van der Waals surface area contributed by atoms with E-state index in [9.17, 15) is 14.0 Å². The molecule has 0 fully saturated rings. The summed E-state index contributed by atoms with van der Waals surface area (Å²) < 4.78 is 17.7. The zero-order valence-corrected chi connectivity index (χ0v) is 11.1. The fourth-order valence-electron chi connectivity index (χ4n) is 1.29. The van der Waals surface area contributed by atoms with Gasteiger partial charge in [-0.1, -0.05) is 0 Å². The molecule has 1 aromatic carbocycles. The van der Waals surface area contributed by atoms with Gasteiger partial charge >= 0.3 is 5.97 Å². The molecule has 0 aliphatic rings. The number of hydrogen-bond acceptors (Lipinski definition) is 4. The van der Waals surface area contributed by atoms with Crippen molar-refractivity contribution in [3.63, 3.8) is 0 Å². The van der Waals surface area contributed by atoms with Crippen molar-refractivity contribution in [2.24, 2.45) is 11.1 Å². The number of nitrogens with two attached hydrogens (primary N) is 1. The van der Waals surface area contributed by atoms with Gasteiger partial charge in [0.2, 0.25) is 5.91 Å². The van der Waals surface area contributed by atoms with Crippen LogP contribution in [0.2, 0.25) is 0 Å². The largest absolute Gasteiger partial charge is 0.465 e. The van der Waals surface area contributed by atoms with Crippen molar-refractivity contribution in [2.75, 3.05) is 19.0 Å². The number of rotatable bonds is 4. The highest BCUT2D eigenvalue weighted by Gasteiger charge is 2.27. The third-order valence-electron chi connectivity index (χ3n) is 2.76. The monoisotopic (exact) mass is 268 g/mol. The summed E-state index contributed by atoms with van der Waals surface area (Å²) in [6, 6.07) is 3.47. The van der Waals surface area contributed by atoms with Crippen molar-refractivity contribution in [1.29, 1.82) is 0 Å². The van der Waals surface area contributed by atoms with E-state index in [-0.39, 0.29) is 23.7 Å². The smallest absolute Gasteiger partial charge is 0.340 e. The van der Waals surface area contributed by atoms with E-state index in [0.29, 0.717) is 0 Å². The number of benzene rings is 1. The van der Waals surface area contributed by atoms with Gasteiger partial charge in [0.05, 0.1) is 23.8 Å². The molecule has 0 heterocycles. The highest BCUT2D eigenvalue weighted by molar-refractivity contribution is 6.02. The molecule has 1 amide bonds. The van der Waals surface area contributed by atoms with Crippen LogP contribution in [0.1, 0.15) is 24.2 Å². The quantitative estimate of drug-likeness (QED) is 0.811. The zero-order chi connectivity index (χ0) is 14.6. The summed E-state index contributed by atoms with van der Waals surface area (Å²) in [4.78, 5) is 23.5. The van der Waals surface area contributed by atoms with Crippen LogP contribution in [-0.4, -0.2) is 25.5 Å². The maximum absolute atomic E-state index is 13.1. The van der Waals surface area contributed by atoms with E-state index in [1.165, 1.54) is 13.2 Å². The van der Waals surface area contributed by atoms with E-state index in [0.717, 1.165) is 12.1 Å². The maximum atomic E-state index is 13.1. The summed E-state index contributed by atoms with van der Waals surface area (Å²) in [5.74, 6) is -1.66. The number of esters is 1. The first-order chi connectivity index (χ1) is 8.81. The minimum absolute atomic E-state index is 0.0383. The maximum Gasteiger partial charge on any atom is 0.340 e. The molecule has 6 heteroatoms. The van der Waals surface area contributed by atoms with Gasteiger partial charge in [-0.2, -0.15) is 0 Å². The molecule has 0 bridgehead atoms. The van der Waals surface area contributed by atoms with Crippen LogP contribution in [-0.2, 0) is 9.53 Å². The first-order valence-electron chi connectivity index (χ1n) is 5.71. The molecule has 1 aromatic rings. The van der Waals surface area contributed by atoms with Crippen LogP contribution in [0.4, 0.5) is 10.1 Å². The van der Waals surface area contributed by atoms with Crippen LogP contribution in [0.15, 0.2) is 18.2 Å². The molecule has 0 aliphatic carbocycles. The Morgan fingerprint density at radius 2 is 2.05 bits per heavy atom. The van der Waals surface area contributed by atoms with Crippen LogP contribution in [0.5, 0.6) is 0 Å². The minimum Gasteiger partial charge on any atom is -0.465 e. The molecule has 0 spiro atoms. The van der Waals surface area contributed by atoms with Gasteiger partial charge in [0.1, 0.15) is 5.82 Å². The predicted molar refractivity (Wildman–Crippen MR) is 69.2 cm³/mol. The summed E-state index contributed by atoms with van der Waals surface area (Å²) in [7, 11) is 1.18. The van der Waals surface area contributed by atoms with Gasteiger partial charge in [-0.15, -0.1) is 0 Å². The fourth-order valence-corrected chi connectivity index (χ4v) is 1.29. The van der Waals surface area contributed by atoms with Crippen LogP contribution >= 0.6 is 0 Å². The lowest BCUT2D eigenvalue weighted by atomic mass is 9.92. The Labute approximate surface area is 110 Å². The fraction of sp³-hybridized carbons (Fsp3) is 0.385. The molecule has 104 valence electrons. The molecule has 0 aliphatic heterocycles. The molecular weight excluding hydrogens is 251 g/mol. The molecule has 19 heavy (non-hydrogen) atoms. The molecule has 0 saturated heterocycles. The van der Waals surface area contributed by atoms with Gasteiger partial charge in [0.15, 0.2) is 0 Å². The van der Waals surface area contributed by atoms with Gasteiger partial charge in [0, 0.05) is 6.54 Å². The van der Waals surface area contributed by atoms with Crippen molar-refractivity contribution < 1.29 is 18.7 Å². The standard InChI is InChI=1S/C13H17FN2O3/c1-13(2,7-15)12(18)16-10-5-4-8(14)6-9(10)11(17)19-3/h4-6H,7,15H2,1-3H3,(H,16,18). The first kappa shape index (κ1) is 15.1. The summed E-state index contributed by atoms with van der Waals surface area (Å²) in [5.41, 5.74) is 4.86. The molecule has 5 nitrogen and oxygen atoms in total. The summed E-state index contributed by atoms with van der Waals surface area (Å²) in [6.45, 7) is 3.49. The number of hydrogen-bond donors (Lipinski definition) is 2. The highest BCUT2D eigenvalue weighted by atomic mass is 19.1. The second-order valence-corrected chi connectivity index (χ2v) is 4.72. The Bertz CT molecular complexity index is 501. The van der Waals surface area contributed by atoms with Gasteiger partial charge in [-0.05, 0) is 32.0 Å². The number of amides is 1. The average Bonchev–Trinajstić information content (AvgIpc) is 2.39. The lowest BCUT2D eigenvalue weighted by molar-refractivity contribution is -0.123. The van der Waals surface area contributed by atoms with E-state index >= 15 is 0 Å². The van der Waals surface area contributed by atoms with Crippen LogP contribution in [0.25, 0.3) is 0 Å². The molecule has 0 aromatic heterocycles. The number of nitrogens with one attached hydrogen (secondary N) is 1. The normalized spacial score (nSPS) is 11.0. The van der Waals surface area contributed by atoms with Crippen molar-refractivity contribution in [3.8, 4) is 0 Å². The van der Waals surface area contributed by atoms with Crippen LogP contribution < -0.4 is 11.1 Å². The molecule has 1 rings (SSSR count). The second-order valence-electron chi connectivity index (χ2n) is 4.72. The van der Waals surface area contributed by atoms with E-state index in [1.54, 1.807) is 13.8 Å². The molecule has 0 radical (unpaired) electrons. The van der Waals surface area contributed by atoms with Gasteiger partial charge in [-0.3, -0.25) is 4.79 Å². The second kappa shape index (κ2) is 5.79. The third kappa shape index (κ3) is 3.51. The number of carbonyl (C=O) groups excluding carboxylic acids is 2. The average molecular weight is 268 g/mol. The van der Waals surface area contributed by atoms with Crippen LogP contribution in [0, 0.1) is 11.2 Å². The van der Waals surface area contributed by atoms with Crippen molar-refractivity contribution in [1.82, 2.24) is 0 Å². The van der Waals surface area contributed by atoms with Gasteiger partial charge in [0.25, 0.3) is 0 Å². The number of anilines is 1. The first-order valence-corrected chi connectivity index (χ1v) is 5.71. The summed E-state index contributed by atoms with van der Waals surface area (Å²) in [5, 5.41) is 2.56. The van der Waals surface area contributed by atoms with E-state index in [4.69, 9.17) is 5.73 Å². The van der Waals surface area contributed by atoms with Crippen LogP contribution in [0.3, 0.4) is 0 Å². The SMILES string of the molecule is COC(=O)c1cc(F)ccc1NC(=O)C(C)(C)CN. The summed E-state index contributed by atoms with van der Waals surface area (Å²) in [6.07, 6.45) is 0. The summed E-state index contributed by atoms with van der Waals surface area (Å²) >= 11 is 0. The van der Waals surface area contributed by atoms with E-state index in [1.807, 2.05) is 0 Å². The Morgan fingerprint density at radius 1 is 1.42 bits per heavy atom. The van der Waals surface area contributed by atoms with E-state index < -0.39 is 17.2 Å². The number of halogens is 1. The number of ether oxygens (including phenoxy) is 1. The lowest BCUT2D eigenvalue weighted by Gasteiger charge is -2.22. The van der Waals surface area contributed by atoms with Gasteiger partial charge in [-0.25, -0.2) is 9.18 Å². The predicted octanol–water partition coefficient (Wildman–Crippen LogP) is 1.54. The van der Waals surface area contributed by atoms with Gasteiger partial charge < -0.3 is 15.8 Å². The molecule has 0 atom stereocenters. The number of methoxy groups -OCH3 is 1. The Hall–Kier alpha value is -1.95. The Balaban J connectivity index is 3.08. The molecule has 0 unspecified atom stereocenters. The van der Waals surface area contributed by atoms with E-state index in [2.05, 4.69) is 10.1 Å². The van der Waals surface area contributed by atoms with Crippen molar-refractivity contribution in [2.45, 2.75) is 13.8 Å².